The number of fused-ring (bicyclic) bond motifs is 1. The number of benzene rings is 2. The summed E-state index contributed by atoms with van der Waals surface area (Å²) in [4.78, 5) is 4.58. The summed E-state index contributed by atoms with van der Waals surface area (Å²) in [6, 6.07) is 17.2. The lowest BCUT2D eigenvalue weighted by molar-refractivity contribution is 0.136. The van der Waals surface area contributed by atoms with Crippen LogP contribution in [0.1, 0.15) is 17.5 Å². The number of hydrogen-bond acceptors (Lipinski definition) is 2. The third-order valence-electron chi connectivity index (χ3n) is 3.08. The van der Waals surface area contributed by atoms with Crippen LogP contribution in [0.2, 0.25) is 0 Å². The molecule has 0 aromatic heterocycles. The third kappa shape index (κ3) is 1.94. The average molecular weight is 258 g/mol. The first-order valence-corrected chi connectivity index (χ1v) is 6.18. The Morgan fingerprint density at radius 3 is 2.44 bits per heavy atom. The quantitative estimate of drug-likeness (QED) is 0.778. The van der Waals surface area contributed by atoms with Gasteiger partial charge in [-0.2, -0.15) is 0 Å². The molecular formula is C15H12ClNO. The summed E-state index contributed by atoms with van der Waals surface area (Å²) in [5, 5.41) is 8.97. The van der Waals surface area contributed by atoms with Crippen molar-refractivity contribution in [1.82, 2.24) is 0 Å². The van der Waals surface area contributed by atoms with Crippen LogP contribution in [0.4, 0.5) is 5.69 Å². The van der Waals surface area contributed by atoms with E-state index in [0.29, 0.717) is 12.0 Å². The summed E-state index contributed by atoms with van der Waals surface area (Å²) < 4.78 is 0. The topological polar surface area (TPSA) is 32.6 Å². The number of para-hydroxylation sites is 1. The SMILES string of the molecule is OC1(Cl)CC(c2ccccc2)=Nc2ccccc21. The lowest BCUT2D eigenvalue weighted by Crippen LogP contribution is -2.26. The Bertz CT molecular complexity index is 605. The zero-order chi connectivity index (χ0) is 12.6. The largest absolute Gasteiger partial charge is 0.370 e. The Morgan fingerprint density at radius 2 is 1.67 bits per heavy atom. The van der Waals surface area contributed by atoms with Crippen LogP contribution in [0.5, 0.6) is 0 Å². The Balaban J connectivity index is 2.14. The number of aliphatic imine (C=N–C) groups is 1. The van der Waals surface area contributed by atoms with Crippen molar-refractivity contribution in [3.63, 3.8) is 0 Å². The van der Waals surface area contributed by atoms with Gasteiger partial charge in [0.15, 0.2) is 5.06 Å². The highest BCUT2D eigenvalue weighted by Crippen LogP contribution is 2.41. The van der Waals surface area contributed by atoms with Crippen molar-refractivity contribution in [1.29, 1.82) is 0 Å². The van der Waals surface area contributed by atoms with Crippen molar-refractivity contribution in [3.05, 3.63) is 65.7 Å². The third-order valence-corrected chi connectivity index (χ3v) is 3.42. The van der Waals surface area contributed by atoms with Crippen LogP contribution in [-0.2, 0) is 5.06 Å². The molecule has 0 spiro atoms. The van der Waals surface area contributed by atoms with E-state index >= 15 is 0 Å². The van der Waals surface area contributed by atoms with Crippen molar-refractivity contribution in [2.45, 2.75) is 11.5 Å². The van der Waals surface area contributed by atoms with Gasteiger partial charge in [0, 0.05) is 12.0 Å². The molecule has 0 fully saturated rings. The minimum Gasteiger partial charge on any atom is -0.370 e. The molecule has 3 heteroatoms. The van der Waals surface area contributed by atoms with Gasteiger partial charge >= 0.3 is 0 Å². The number of nitrogens with zero attached hydrogens (tertiary/aromatic N) is 1. The summed E-state index contributed by atoms with van der Waals surface area (Å²) in [7, 11) is 0. The first-order chi connectivity index (χ1) is 8.67. The van der Waals surface area contributed by atoms with Gasteiger partial charge in [-0.15, -0.1) is 0 Å². The lowest BCUT2D eigenvalue weighted by atomic mass is 9.94. The molecule has 2 aromatic rings. The molecule has 3 rings (SSSR count). The average Bonchev–Trinajstić information content (AvgIpc) is 2.39. The summed E-state index contributed by atoms with van der Waals surface area (Å²) in [6.45, 7) is 0. The molecule has 18 heavy (non-hydrogen) atoms. The molecule has 1 unspecified atom stereocenters. The monoisotopic (exact) mass is 257 g/mol. The molecule has 2 aromatic carbocycles. The summed E-state index contributed by atoms with van der Waals surface area (Å²) in [5.41, 5.74) is 3.21. The first kappa shape index (κ1) is 11.5. The summed E-state index contributed by atoms with van der Waals surface area (Å²) in [6.07, 6.45) is 0.315. The van der Waals surface area contributed by atoms with Crippen LogP contribution in [-0.4, -0.2) is 10.8 Å². The molecule has 90 valence electrons. The van der Waals surface area contributed by atoms with Gasteiger partial charge in [-0.05, 0) is 11.6 Å². The minimum absolute atomic E-state index is 0.315. The van der Waals surface area contributed by atoms with E-state index in [1.165, 1.54) is 0 Å². The van der Waals surface area contributed by atoms with E-state index in [1.54, 1.807) is 0 Å². The molecule has 0 bridgehead atoms. The fraction of sp³-hybridized carbons (Fsp3) is 0.133. The van der Waals surface area contributed by atoms with Gasteiger partial charge in [0.1, 0.15) is 0 Å². The van der Waals surface area contributed by atoms with Crippen LogP contribution in [0, 0.1) is 0 Å². The van der Waals surface area contributed by atoms with Gasteiger partial charge < -0.3 is 5.11 Å². The molecule has 1 aliphatic rings. The highest BCUT2D eigenvalue weighted by atomic mass is 35.5. The lowest BCUT2D eigenvalue weighted by Gasteiger charge is -2.28. The fourth-order valence-corrected chi connectivity index (χ4v) is 2.48. The fourth-order valence-electron chi connectivity index (χ4n) is 2.19. The zero-order valence-electron chi connectivity index (χ0n) is 9.68. The first-order valence-electron chi connectivity index (χ1n) is 5.80. The standard InChI is InChI=1S/C15H12ClNO/c16-15(18)10-14(11-6-2-1-3-7-11)17-13-9-5-4-8-12(13)15/h1-9,18H,10H2. The van der Waals surface area contributed by atoms with Crippen molar-refractivity contribution < 1.29 is 5.11 Å². The van der Waals surface area contributed by atoms with Crippen molar-refractivity contribution >= 4 is 23.0 Å². The predicted octanol–water partition coefficient (Wildman–Crippen LogP) is 3.60. The van der Waals surface area contributed by atoms with Crippen LogP contribution in [0.3, 0.4) is 0 Å². The van der Waals surface area contributed by atoms with Crippen molar-refractivity contribution in [3.8, 4) is 0 Å². The van der Waals surface area contributed by atoms with E-state index in [2.05, 4.69) is 4.99 Å². The maximum Gasteiger partial charge on any atom is 0.171 e. The van der Waals surface area contributed by atoms with E-state index in [0.717, 1.165) is 17.0 Å². The van der Waals surface area contributed by atoms with Crippen LogP contribution < -0.4 is 0 Å². The maximum absolute atomic E-state index is 10.3. The van der Waals surface area contributed by atoms with Gasteiger partial charge in [0.25, 0.3) is 0 Å². The smallest absolute Gasteiger partial charge is 0.171 e. The molecule has 1 atom stereocenters. The number of rotatable bonds is 1. The number of hydrogen-bond donors (Lipinski definition) is 1. The second kappa shape index (κ2) is 4.23. The van der Waals surface area contributed by atoms with Gasteiger partial charge in [-0.3, -0.25) is 4.99 Å². The number of alkyl halides is 1. The van der Waals surface area contributed by atoms with Gasteiger partial charge in [0.2, 0.25) is 0 Å². The molecule has 0 radical (unpaired) electrons. The Kier molecular flexibility index (Phi) is 2.69. The van der Waals surface area contributed by atoms with Crippen LogP contribution >= 0.6 is 11.6 Å². The van der Waals surface area contributed by atoms with E-state index in [9.17, 15) is 5.11 Å². The highest BCUT2D eigenvalue weighted by molar-refractivity contribution is 6.26. The Hall–Kier alpha value is -1.64. The maximum atomic E-state index is 10.3. The number of halogens is 1. The van der Waals surface area contributed by atoms with Crippen LogP contribution in [0.25, 0.3) is 0 Å². The van der Waals surface area contributed by atoms with Crippen LogP contribution in [0.15, 0.2) is 59.6 Å². The van der Waals surface area contributed by atoms with E-state index in [4.69, 9.17) is 11.6 Å². The minimum atomic E-state index is -1.37. The highest BCUT2D eigenvalue weighted by Gasteiger charge is 2.34. The second-order valence-electron chi connectivity index (χ2n) is 4.38. The molecule has 0 saturated heterocycles. The van der Waals surface area contributed by atoms with E-state index in [1.807, 2.05) is 54.6 Å². The van der Waals surface area contributed by atoms with Crippen molar-refractivity contribution in [2.24, 2.45) is 4.99 Å². The Labute approximate surface area is 111 Å². The molecule has 0 amide bonds. The molecule has 0 aliphatic carbocycles. The Morgan fingerprint density at radius 1 is 1.00 bits per heavy atom. The summed E-state index contributed by atoms with van der Waals surface area (Å²) >= 11 is 6.22. The van der Waals surface area contributed by atoms with Gasteiger partial charge in [-0.1, -0.05) is 60.1 Å². The van der Waals surface area contributed by atoms with Crippen molar-refractivity contribution in [2.75, 3.05) is 0 Å². The molecule has 1 aliphatic heterocycles. The molecule has 2 nitrogen and oxygen atoms in total. The molecule has 1 N–H and O–H groups in total. The zero-order valence-corrected chi connectivity index (χ0v) is 10.4. The normalized spacial score (nSPS) is 22.2. The molecule has 1 heterocycles. The predicted molar refractivity (Wildman–Crippen MR) is 73.4 cm³/mol. The molecular weight excluding hydrogens is 246 g/mol. The van der Waals surface area contributed by atoms with E-state index < -0.39 is 5.06 Å². The molecule has 0 saturated carbocycles. The van der Waals surface area contributed by atoms with Gasteiger partial charge in [0.05, 0.1) is 11.4 Å². The van der Waals surface area contributed by atoms with E-state index in [-0.39, 0.29) is 0 Å². The number of aliphatic hydroxyl groups is 1. The second-order valence-corrected chi connectivity index (χ2v) is 5.00. The van der Waals surface area contributed by atoms with Gasteiger partial charge in [-0.25, -0.2) is 0 Å². The summed E-state index contributed by atoms with van der Waals surface area (Å²) in [5.74, 6) is 0.